The lowest BCUT2D eigenvalue weighted by Gasteiger charge is -2.38. The minimum Gasteiger partial charge on any atom is -0.469 e. The summed E-state index contributed by atoms with van der Waals surface area (Å²) in [5.74, 6) is -1.49. The molecule has 0 amide bonds. The van der Waals surface area contributed by atoms with Gasteiger partial charge in [0, 0.05) is 37.7 Å². The van der Waals surface area contributed by atoms with Crippen molar-refractivity contribution in [1.82, 2.24) is 23.9 Å². The van der Waals surface area contributed by atoms with Crippen molar-refractivity contribution in [2.45, 2.75) is 76.8 Å². The summed E-state index contributed by atoms with van der Waals surface area (Å²) in [6, 6.07) is 8.99. The summed E-state index contributed by atoms with van der Waals surface area (Å²) >= 11 is 0. The third-order valence-corrected chi connectivity index (χ3v) is 11.4. The largest absolute Gasteiger partial charge is 0.469 e. The first kappa shape index (κ1) is 33.9. The molecule has 5 heterocycles. The Hall–Kier alpha value is -4.01. The molecule has 256 valence electrons. The van der Waals surface area contributed by atoms with Crippen LogP contribution in [0.3, 0.4) is 0 Å². The summed E-state index contributed by atoms with van der Waals surface area (Å²) in [5, 5.41) is 7.74. The van der Waals surface area contributed by atoms with Gasteiger partial charge in [-0.2, -0.15) is 4.31 Å². The van der Waals surface area contributed by atoms with Crippen LogP contribution in [0.5, 0.6) is 5.88 Å². The van der Waals surface area contributed by atoms with Crippen LogP contribution in [0.4, 0.5) is 8.78 Å². The van der Waals surface area contributed by atoms with Crippen LogP contribution in [0.2, 0.25) is 0 Å². The summed E-state index contributed by atoms with van der Waals surface area (Å²) < 4.78 is 75.9. The van der Waals surface area contributed by atoms with Crippen LogP contribution in [0.25, 0.3) is 5.65 Å². The number of esters is 1. The molecule has 48 heavy (non-hydrogen) atoms. The number of fused-ring (bicyclic) bond motifs is 2. The number of carbonyl (C=O) groups is 1. The molecule has 11 nitrogen and oxygen atoms in total. The van der Waals surface area contributed by atoms with Gasteiger partial charge >= 0.3 is 5.97 Å². The standard InChI is InChI=1S/C34H39F2N5O6S/c1-20-15-26-31(37-17-20)47-34(10-13-46-14-11-34)19-40(48(26,43)44)18-24-16-23(8-7-21(24)2)27(33(4,5)32(42)45-6)25-9-12-41-29(22(25)3)38-39-30(41)28(35)36/h7-9,12,15-17,27-28H,10-11,13-14,18-19H2,1-6H3. The second-order valence-corrected chi connectivity index (χ2v) is 15.2. The minimum absolute atomic E-state index is 0.0183. The van der Waals surface area contributed by atoms with E-state index in [-0.39, 0.29) is 29.5 Å². The van der Waals surface area contributed by atoms with E-state index in [1.807, 2.05) is 25.1 Å². The zero-order valence-electron chi connectivity index (χ0n) is 27.8. The Labute approximate surface area is 278 Å². The first-order valence-corrected chi connectivity index (χ1v) is 17.2. The molecule has 14 heteroatoms. The summed E-state index contributed by atoms with van der Waals surface area (Å²) in [7, 11) is -2.73. The molecule has 1 unspecified atom stereocenters. The number of ether oxygens (including phenoxy) is 3. The van der Waals surface area contributed by atoms with Crippen LogP contribution in [-0.2, 0) is 30.8 Å². The zero-order chi connectivity index (χ0) is 34.6. The smallest absolute Gasteiger partial charge is 0.312 e. The highest BCUT2D eigenvalue weighted by Gasteiger charge is 2.46. The van der Waals surface area contributed by atoms with Gasteiger partial charge in [0.1, 0.15) is 10.5 Å². The van der Waals surface area contributed by atoms with E-state index in [4.69, 9.17) is 14.2 Å². The van der Waals surface area contributed by atoms with Crippen molar-refractivity contribution in [3.63, 3.8) is 0 Å². The van der Waals surface area contributed by atoms with E-state index in [0.717, 1.165) is 11.1 Å². The Kier molecular flexibility index (Phi) is 8.79. The number of rotatable bonds is 7. The van der Waals surface area contributed by atoms with Gasteiger partial charge in [-0.15, -0.1) is 10.2 Å². The van der Waals surface area contributed by atoms with Gasteiger partial charge < -0.3 is 14.2 Å². The quantitative estimate of drug-likeness (QED) is 0.234. The maximum absolute atomic E-state index is 14.3. The highest BCUT2D eigenvalue weighted by molar-refractivity contribution is 7.89. The number of methoxy groups -OCH3 is 1. The molecule has 1 spiro atoms. The fourth-order valence-corrected chi connectivity index (χ4v) is 8.53. The molecule has 0 N–H and O–H groups in total. The molecule has 1 saturated heterocycles. The lowest BCUT2D eigenvalue weighted by Crippen LogP contribution is -2.50. The van der Waals surface area contributed by atoms with Crippen LogP contribution in [0.15, 0.2) is 47.6 Å². The maximum Gasteiger partial charge on any atom is 0.312 e. The Morgan fingerprint density at radius 2 is 1.83 bits per heavy atom. The van der Waals surface area contributed by atoms with E-state index in [0.29, 0.717) is 48.3 Å². The fraction of sp³-hybridized carbons (Fsp3) is 0.471. The summed E-state index contributed by atoms with van der Waals surface area (Å²) in [6.45, 7) is 9.98. The maximum atomic E-state index is 14.3. The van der Waals surface area contributed by atoms with Crippen LogP contribution in [0.1, 0.15) is 78.2 Å². The van der Waals surface area contributed by atoms with Crippen LogP contribution >= 0.6 is 0 Å². The molecule has 0 bridgehead atoms. The second kappa shape index (κ2) is 12.5. The number of alkyl halides is 2. The number of aryl methyl sites for hydroxylation is 3. The number of hydrogen-bond acceptors (Lipinski definition) is 9. The van der Waals surface area contributed by atoms with Gasteiger partial charge in [0.05, 0.1) is 32.3 Å². The predicted molar refractivity (Wildman–Crippen MR) is 171 cm³/mol. The summed E-state index contributed by atoms with van der Waals surface area (Å²) in [5.41, 5.74) is 2.54. The molecule has 0 aliphatic carbocycles. The number of aromatic nitrogens is 4. The van der Waals surface area contributed by atoms with Crippen molar-refractivity contribution in [3.8, 4) is 5.88 Å². The Bertz CT molecular complexity index is 1990. The van der Waals surface area contributed by atoms with Gasteiger partial charge in [-0.25, -0.2) is 22.2 Å². The lowest BCUT2D eigenvalue weighted by atomic mass is 9.70. The van der Waals surface area contributed by atoms with Gasteiger partial charge in [-0.3, -0.25) is 9.20 Å². The Morgan fingerprint density at radius 1 is 1.10 bits per heavy atom. The average Bonchev–Trinajstić information content (AvgIpc) is 3.46. The fourth-order valence-electron chi connectivity index (χ4n) is 6.89. The monoisotopic (exact) mass is 683 g/mol. The van der Waals surface area contributed by atoms with Crippen molar-refractivity contribution in [2.24, 2.45) is 5.41 Å². The topological polar surface area (TPSA) is 125 Å². The highest BCUT2D eigenvalue weighted by atomic mass is 32.2. The van der Waals surface area contributed by atoms with Gasteiger partial charge in [0.15, 0.2) is 5.65 Å². The van der Waals surface area contributed by atoms with Crippen molar-refractivity contribution in [1.29, 1.82) is 0 Å². The number of pyridine rings is 2. The van der Waals surface area contributed by atoms with E-state index in [2.05, 4.69) is 15.2 Å². The van der Waals surface area contributed by atoms with Gasteiger partial charge in [-0.05, 0) is 80.1 Å². The molecule has 1 aromatic carbocycles. The van der Waals surface area contributed by atoms with Crippen LogP contribution in [0, 0.1) is 26.2 Å². The second-order valence-electron chi connectivity index (χ2n) is 13.3. The highest BCUT2D eigenvalue weighted by Crippen LogP contribution is 2.45. The zero-order valence-corrected chi connectivity index (χ0v) is 28.6. The van der Waals surface area contributed by atoms with Crippen molar-refractivity contribution in [2.75, 3.05) is 26.9 Å². The molecule has 0 saturated carbocycles. The number of hydrogen-bond donors (Lipinski definition) is 0. The normalized spacial score (nSPS) is 18.4. The SMILES string of the molecule is COC(=O)C(C)(C)C(c1ccc(C)c(CN2CC3(CCOCC3)Oc3ncc(C)cc3S2(=O)=O)c1)c1ccn2c(C(F)F)nnc2c1C. The Morgan fingerprint density at radius 3 is 2.52 bits per heavy atom. The Balaban J connectivity index is 1.47. The number of carbonyl (C=O) groups excluding carboxylic acids is 1. The molecular formula is C34H39F2N5O6S. The van der Waals surface area contributed by atoms with E-state index in [1.165, 1.54) is 22.0 Å². The van der Waals surface area contributed by atoms with E-state index in [1.54, 1.807) is 46.0 Å². The lowest BCUT2D eigenvalue weighted by molar-refractivity contribution is -0.151. The molecule has 2 aliphatic heterocycles. The molecular weight excluding hydrogens is 644 g/mol. The summed E-state index contributed by atoms with van der Waals surface area (Å²) in [4.78, 5) is 17.7. The van der Waals surface area contributed by atoms with Crippen molar-refractivity contribution >= 4 is 21.6 Å². The summed E-state index contributed by atoms with van der Waals surface area (Å²) in [6.07, 6.45) is 1.26. The molecule has 6 rings (SSSR count). The number of benzene rings is 1. The van der Waals surface area contributed by atoms with Crippen LogP contribution < -0.4 is 4.74 Å². The number of nitrogens with zero attached hydrogens (tertiary/aromatic N) is 5. The third-order valence-electron chi connectivity index (χ3n) is 9.64. The van der Waals surface area contributed by atoms with Crippen LogP contribution in [-0.4, -0.2) is 70.7 Å². The third kappa shape index (κ3) is 5.83. The van der Waals surface area contributed by atoms with E-state index < -0.39 is 45.2 Å². The van der Waals surface area contributed by atoms with E-state index in [9.17, 15) is 22.0 Å². The molecule has 1 atom stereocenters. The molecule has 2 aliphatic rings. The first-order chi connectivity index (χ1) is 22.7. The van der Waals surface area contributed by atoms with Crippen molar-refractivity contribution in [3.05, 3.63) is 81.9 Å². The number of sulfonamides is 1. The van der Waals surface area contributed by atoms with Gasteiger partial charge in [0.2, 0.25) is 21.7 Å². The molecule has 3 aromatic heterocycles. The number of halogens is 2. The van der Waals surface area contributed by atoms with Gasteiger partial charge in [-0.1, -0.05) is 18.2 Å². The van der Waals surface area contributed by atoms with E-state index >= 15 is 0 Å². The average molecular weight is 684 g/mol. The molecule has 1 fully saturated rings. The van der Waals surface area contributed by atoms with Gasteiger partial charge in [0.25, 0.3) is 6.43 Å². The predicted octanol–water partition coefficient (Wildman–Crippen LogP) is 5.45. The minimum atomic E-state index is -4.05. The molecule has 0 radical (unpaired) electrons. The molecule has 4 aromatic rings. The van der Waals surface area contributed by atoms with Crippen molar-refractivity contribution < 1.29 is 36.2 Å². The first-order valence-electron chi connectivity index (χ1n) is 15.7.